The van der Waals surface area contributed by atoms with Gasteiger partial charge in [0.1, 0.15) is 0 Å². The summed E-state index contributed by atoms with van der Waals surface area (Å²) in [5.74, 6) is 0.605. The standard InChI is InChI=1S/C9H18ClNO/c1-7(2)11-5-8(3)12-9(4-10)6-11/h7-9H,4-6H2,1-3H3. The summed E-state index contributed by atoms with van der Waals surface area (Å²) in [6, 6.07) is 0.599. The van der Waals surface area contributed by atoms with Gasteiger partial charge in [-0.15, -0.1) is 11.6 Å². The van der Waals surface area contributed by atoms with Crippen LogP contribution in [0.25, 0.3) is 0 Å². The second-order valence-corrected chi connectivity index (χ2v) is 4.08. The van der Waals surface area contributed by atoms with Crippen LogP contribution < -0.4 is 0 Å². The van der Waals surface area contributed by atoms with Gasteiger partial charge in [0, 0.05) is 25.0 Å². The number of hydrogen-bond acceptors (Lipinski definition) is 2. The third-order valence-electron chi connectivity index (χ3n) is 2.26. The molecular formula is C9H18ClNO. The fourth-order valence-corrected chi connectivity index (χ4v) is 1.76. The predicted molar refractivity (Wildman–Crippen MR) is 51.8 cm³/mol. The number of rotatable bonds is 2. The summed E-state index contributed by atoms with van der Waals surface area (Å²) in [5, 5.41) is 0. The molecule has 0 aromatic rings. The molecule has 0 aromatic heterocycles. The molecule has 1 aliphatic heterocycles. The first kappa shape index (κ1) is 10.3. The first-order chi connectivity index (χ1) is 5.63. The predicted octanol–water partition coefficient (Wildman–Crippen LogP) is 1.72. The maximum absolute atomic E-state index is 5.76. The molecule has 72 valence electrons. The molecule has 0 aromatic carbocycles. The van der Waals surface area contributed by atoms with Crippen molar-refractivity contribution in [2.24, 2.45) is 0 Å². The average molecular weight is 192 g/mol. The van der Waals surface area contributed by atoms with E-state index in [0.29, 0.717) is 18.0 Å². The molecule has 2 unspecified atom stereocenters. The van der Waals surface area contributed by atoms with Crippen LogP contribution in [0.3, 0.4) is 0 Å². The van der Waals surface area contributed by atoms with Crippen molar-refractivity contribution in [3.63, 3.8) is 0 Å². The Bertz CT molecular complexity index is 140. The first-order valence-electron chi connectivity index (χ1n) is 4.59. The highest BCUT2D eigenvalue weighted by Crippen LogP contribution is 2.14. The van der Waals surface area contributed by atoms with E-state index < -0.39 is 0 Å². The van der Waals surface area contributed by atoms with Gasteiger partial charge in [0.05, 0.1) is 12.2 Å². The Morgan fingerprint density at radius 2 is 2.17 bits per heavy atom. The van der Waals surface area contributed by atoms with E-state index in [1.54, 1.807) is 0 Å². The highest BCUT2D eigenvalue weighted by atomic mass is 35.5. The smallest absolute Gasteiger partial charge is 0.0841 e. The lowest BCUT2D eigenvalue weighted by Crippen LogP contribution is -2.49. The Morgan fingerprint density at radius 1 is 1.50 bits per heavy atom. The summed E-state index contributed by atoms with van der Waals surface area (Å²) in [7, 11) is 0. The van der Waals surface area contributed by atoms with Crippen molar-refractivity contribution in [3.8, 4) is 0 Å². The fraction of sp³-hybridized carbons (Fsp3) is 1.00. The molecule has 3 heteroatoms. The van der Waals surface area contributed by atoms with Gasteiger partial charge in [-0.1, -0.05) is 0 Å². The second kappa shape index (κ2) is 4.45. The molecule has 1 rings (SSSR count). The van der Waals surface area contributed by atoms with Crippen LogP contribution in [0.4, 0.5) is 0 Å². The molecule has 0 spiro atoms. The lowest BCUT2D eigenvalue weighted by Gasteiger charge is -2.38. The Kier molecular flexibility index (Phi) is 3.81. The van der Waals surface area contributed by atoms with Gasteiger partial charge < -0.3 is 4.74 Å². The van der Waals surface area contributed by atoms with E-state index in [9.17, 15) is 0 Å². The summed E-state index contributed by atoms with van der Waals surface area (Å²) < 4.78 is 5.64. The van der Waals surface area contributed by atoms with Crippen molar-refractivity contribution >= 4 is 11.6 Å². The van der Waals surface area contributed by atoms with Gasteiger partial charge in [-0.25, -0.2) is 0 Å². The maximum atomic E-state index is 5.76. The van der Waals surface area contributed by atoms with Crippen molar-refractivity contribution in [1.82, 2.24) is 4.90 Å². The zero-order valence-electron chi connectivity index (χ0n) is 8.09. The maximum Gasteiger partial charge on any atom is 0.0841 e. The van der Waals surface area contributed by atoms with Crippen LogP contribution in [-0.2, 0) is 4.74 Å². The van der Waals surface area contributed by atoms with Crippen LogP contribution in [0.15, 0.2) is 0 Å². The second-order valence-electron chi connectivity index (χ2n) is 3.77. The third kappa shape index (κ3) is 2.61. The molecule has 2 nitrogen and oxygen atoms in total. The molecule has 1 saturated heterocycles. The van der Waals surface area contributed by atoms with Crippen LogP contribution in [0.2, 0.25) is 0 Å². The molecule has 0 aliphatic carbocycles. The number of ether oxygens (including phenoxy) is 1. The van der Waals surface area contributed by atoms with Crippen LogP contribution in [0, 0.1) is 0 Å². The average Bonchev–Trinajstić information content (AvgIpc) is 2.03. The number of alkyl halides is 1. The number of halogens is 1. The van der Waals surface area contributed by atoms with E-state index in [-0.39, 0.29) is 6.10 Å². The Balaban J connectivity index is 2.45. The minimum atomic E-state index is 0.220. The third-order valence-corrected chi connectivity index (χ3v) is 2.60. The largest absolute Gasteiger partial charge is 0.371 e. The molecule has 0 N–H and O–H groups in total. The van der Waals surface area contributed by atoms with Crippen LogP contribution >= 0.6 is 11.6 Å². The van der Waals surface area contributed by atoms with Crippen molar-refractivity contribution in [1.29, 1.82) is 0 Å². The summed E-state index contributed by atoms with van der Waals surface area (Å²) in [6.07, 6.45) is 0.544. The van der Waals surface area contributed by atoms with Crippen molar-refractivity contribution in [3.05, 3.63) is 0 Å². The van der Waals surface area contributed by atoms with Gasteiger partial charge in [0.25, 0.3) is 0 Å². The minimum Gasteiger partial charge on any atom is -0.371 e. The topological polar surface area (TPSA) is 12.5 Å². The molecule has 0 saturated carbocycles. The number of hydrogen-bond donors (Lipinski definition) is 0. The SMILES string of the molecule is CC1CN(C(C)C)CC(CCl)O1. The van der Waals surface area contributed by atoms with Gasteiger partial charge in [-0.2, -0.15) is 0 Å². The van der Waals surface area contributed by atoms with E-state index in [0.717, 1.165) is 13.1 Å². The molecule has 0 radical (unpaired) electrons. The van der Waals surface area contributed by atoms with Gasteiger partial charge in [0.2, 0.25) is 0 Å². The van der Waals surface area contributed by atoms with E-state index in [1.165, 1.54) is 0 Å². The van der Waals surface area contributed by atoms with Crippen molar-refractivity contribution in [2.45, 2.75) is 39.0 Å². The summed E-state index contributed by atoms with van der Waals surface area (Å²) in [5.41, 5.74) is 0. The number of morpholine rings is 1. The van der Waals surface area contributed by atoms with E-state index in [4.69, 9.17) is 16.3 Å². The molecule has 2 atom stereocenters. The van der Waals surface area contributed by atoms with Gasteiger partial charge >= 0.3 is 0 Å². The van der Waals surface area contributed by atoms with Crippen LogP contribution in [0.5, 0.6) is 0 Å². The normalized spacial score (nSPS) is 32.8. The fourth-order valence-electron chi connectivity index (χ4n) is 1.59. The zero-order valence-corrected chi connectivity index (χ0v) is 8.84. The molecule has 12 heavy (non-hydrogen) atoms. The Hall–Kier alpha value is 0.210. The van der Waals surface area contributed by atoms with Crippen LogP contribution in [-0.4, -0.2) is 42.1 Å². The highest BCUT2D eigenvalue weighted by Gasteiger charge is 2.25. The monoisotopic (exact) mass is 191 g/mol. The van der Waals surface area contributed by atoms with Gasteiger partial charge in [-0.05, 0) is 20.8 Å². The van der Waals surface area contributed by atoms with Crippen molar-refractivity contribution in [2.75, 3.05) is 19.0 Å². The van der Waals surface area contributed by atoms with Crippen LogP contribution in [0.1, 0.15) is 20.8 Å². The van der Waals surface area contributed by atoms with Gasteiger partial charge in [0.15, 0.2) is 0 Å². The summed E-state index contributed by atoms with van der Waals surface area (Å²) >= 11 is 5.76. The Morgan fingerprint density at radius 3 is 2.67 bits per heavy atom. The van der Waals surface area contributed by atoms with E-state index in [2.05, 4.69) is 25.7 Å². The quantitative estimate of drug-likeness (QED) is 0.617. The zero-order chi connectivity index (χ0) is 9.14. The lowest BCUT2D eigenvalue weighted by molar-refractivity contribution is -0.0749. The summed E-state index contributed by atoms with van der Waals surface area (Å²) in [6.45, 7) is 8.54. The summed E-state index contributed by atoms with van der Waals surface area (Å²) in [4.78, 5) is 2.42. The van der Waals surface area contributed by atoms with Crippen molar-refractivity contribution < 1.29 is 4.74 Å². The van der Waals surface area contributed by atoms with E-state index in [1.807, 2.05) is 0 Å². The lowest BCUT2D eigenvalue weighted by atomic mass is 10.2. The first-order valence-corrected chi connectivity index (χ1v) is 5.12. The Labute approximate surface area is 79.8 Å². The van der Waals surface area contributed by atoms with E-state index >= 15 is 0 Å². The van der Waals surface area contributed by atoms with Gasteiger partial charge in [-0.3, -0.25) is 4.90 Å². The molecule has 0 amide bonds. The molecule has 0 bridgehead atoms. The highest BCUT2D eigenvalue weighted by molar-refractivity contribution is 6.18. The molecule has 1 fully saturated rings. The molecule has 1 heterocycles. The number of nitrogens with zero attached hydrogens (tertiary/aromatic N) is 1. The molecular weight excluding hydrogens is 174 g/mol. The minimum absolute atomic E-state index is 0.220. The molecule has 1 aliphatic rings.